The number of aromatic nitrogens is 2. The number of hydrogen-bond donors (Lipinski definition) is 1. The smallest absolute Gasteiger partial charge is 0.467 e. The van der Waals surface area contributed by atoms with E-state index in [1.165, 1.54) is 27.4 Å². The van der Waals surface area contributed by atoms with Crippen LogP contribution in [0.4, 0.5) is 0 Å². The maximum absolute atomic E-state index is 3.54. The van der Waals surface area contributed by atoms with Crippen molar-refractivity contribution in [2.75, 3.05) is 0 Å². The van der Waals surface area contributed by atoms with E-state index in [4.69, 9.17) is 0 Å². The number of H-pyrrole nitrogens is 1. The molecule has 0 spiro atoms. The number of nitrogens with zero attached hydrogens (tertiary/aromatic N) is 1. The monoisotopic (exact) mass is 454 g/mol. The van der Waals surface area contributed by atoms with E-state index >= 15 is 0 Å². The van der Waals surface area contributed by atoms with E-state index in [-0.39, 0.29) is 65.9 Å². The number of benzene rings is 2. The number of aromatic amines is 1. The fraction of sp³-hybridized carbons (Fsp3) is 0.0556. The molecule has 1 aliphatic carbocycles. The summed E-state index contributed by atoms with van der Waals surface area (Å²) >= 11 is 0. The van der Waals surface area contributed by atoms with E-state index < -0.39 is 0 Å². The minimum Gasteiger partial charge on any atom is -0.467 e. The molecule has 0 amide bonds. The molecule has 126 valence electrons. The van der Waals surface area contributed by atoms with Crippen LogP contribution in [0.2, 0.25) is 0 Å². The molecule has 4 rings (SSSR count). The van der Waals surface area contributed by atoms with Crippen molar-refractivity contribution in [2.45, 2.75) is 6.42 Å². The van der Waals surface area contributed by atoms with Gasteiger partial charge in [0.15, 0.2) is 0 Å². The van der Waals surface area contributed by atoms with Gasteiger partial charge in [0.05, 0.1) is 0 Å². The minimum absolute atomic E-state index is 0. The van der Waals surface area contributed by atoms with E-state index in [0.717, 1.165) is 6.42 Å². The summed E-state index contributed by atoms with van der Waals surface area (Å²) in [7, 11) is 1.99. The maximum atomic E-state index is 3.54. The average Bonchev–Trinajstić information content (AvgIpc) is 3.10. The molecule has 1 aliphatic rings. The fourth-order valence-electron chi connectivity index (χ4n) is 2.41. The second-order valence-electron chi connectivity index (χ2n) is 4.48. The Morgan fingerprint density at radius 1 is 0.958 bits per heavy atom. The molecule has 2 radical (unpaired) electrons. The molecule has 2 nitrogen and oxygen atoms in total. The Morgan fingerprint density at radius 3 is 2.21 bits per heavy atom. The SMILES string of the molecule is Cl.Cl.[CH3-].[CH3-].[SiH2]c1cccc2c1Cc1ccccc1-2.[Zr+3].[c-]1ncc[nH]1. The molecule has 0 atom stereocenters. The largest absolute Gasteiger partial charge is 3.00 e. The van der Waals surface area contributed by atoms with Crippen LogP contribution in [0.25, 0.3) is 11.1 Å². The van der Waals surface area contributed by atoms with E-state index in [1.807, 2.05) is 10.2 Å². The van der Waals surface area contributed by atoms with Gasteiger partial charge in [-0.05, 0) is 35.0 Å². The molecule has 1 aromatic heterocycles. The first-order valence-electron chi connectivity index (χ1n) is 6.24. The van der Waals surface area contributed by atoms with Gasteiger partial charge in [-0.25, -0.2) is 0 Å². The van der Waals surface area contributed by atoms with E-state index in [9.17, 15) is 0 Å². The fourth-order valence-corrected chi connectivity index (χ4v) is 2.86. The number of imidazole rings is 1. The molecule has 0 saturated carbocycles. The summed E-state index contributed by atoms with van der Waals surface area (Å²) in [6.45, 7) is 0. The minimum atomic E-state index is 0. The van der Waals surface area contributed by atoms with Crippen molar-refractivity contribution in [1.29, 1.82) is 0 Å². The molecule has 0 bridgehead atoms. The normalized spacial score (nSPS) is 8.88. The Hall–Kier alpha value is -0.670. The molecule has 3 aromatic rings. The van der Waals surface area contributed by atoms with Gasteiger partial charge < -0.3 is 24.8 Å². The summed E-state index contributed by atoms with van der Waals surface area (Å²) in [6.07, 6.45) is 6.95. The zero-order chi connectivity index (χ0) is 13.1. The van der Waals surface area contributed by atoms with E-state index in [0.29, 0.717) is 0 Å². The summed E-state index contributed by atoms with van der Waals surface area (Å²) in [5.74, 6) is 0. The van der Waals surface area contributed by atoms with Crippen molar-refractivity contribution in [2.24, 2.45) is 0 Å². The molecule has 0 saturated heterocycles. The van der Waals surface area contributed by atoms with Crippen LogP contribution < -0.4 is 5.19 Å². The van der Waals surface area contributed by atoms with Crippen LogP contribution in [-0.4, -0.2) is 20.2 Å². The first-order chi connectivity index (χ1) is 9.36. The van der Waals surface area contributed by atoms with Crippen molar-refractivity contribution < 1.29 is 26.2 Å². The Labute approximate surface area is 180 Å². The van der Waals surface area contributed by atoms with Crippen LogP contribution in [0, 0.1) is 21.2 Å². The molecule has 0 fully saturated rings. The Kier molecular flexibility index (Phi) is 16.0. The first-order valence-corrected chi connectivity index (χ1v) is 6.94. The van der Waals surface area contributed by atoms with Gasteiger partial charge in [0.25, 0.3) is 0 Å². The Balaban J connectivity index is -0.000000391. The molecular formula is C18H22Cl2N2SiZr. The van der Waals surface area contributed by atoms with Crippen LogP contribution in [0.5, 0.6) is 0 Å². The summed E-state index contributed by atoms with van der Waals surface area (Å²) in [5.41, 5.74) is 5.86. The number of fused-ring (bicyclic) bond motifs is 3. The van der Waals surface area contributed by atoms with Gasteiger partial charge in [-0.1, -0.05) is 47.7 Å². The molecule has 0 aliphatic heterocycles. The molecule has 1 heterocycles. The second kappa shape index (κ2) is 13.6. The first kappa shape index (κ1) is 28.1. The van der Waals surface area contributed by atoms with Crippen LogP contribution >= 0.6 is 24.8 Å². The third kappa shape index (κ3) is 6.33. The predicted molar refractivity (Wildman–Crippen MR) is 108 cm³/mol. The van der Waals surface area contributed by atoms with Crippen molar-refractivity contribution in [3.8, 4) is 11.1 Å². The zero-order valence-electron chi connectivity index (χ0n) is 13.9. The van der Waals surface area contributed by atoms with E-state index in [2.05, 4.69) is 58.8 Å². The average molecular weight is 457 g/mol. The third-order valence-electron chi connectivity index (χ3n) is 3.31. The Bertz CT molecular complexity index is 674. The number of nitrogens with one attached hydrogen (secondary N) is 1. The molecule has 1 N–H and O–H groups in total. The van der Waals surface area contributed by atoms with Gasteiger partial charge in [-0.3, -0.25) is 0 Å². The molecular weight excluding hydrogens is 434 g/mol. The quantitative estimate of drug-likeness (QED) is 0.319. The van der Waals surface area contributed by atoms with Crippen LogP contribution in [0.1, 0.15) is 11.1 Å². The summed E-state index contributed by atoms with van der Waals surface area (Å²) in [6, 6.07) is 15.3. The van der Waals surface area contributed by atoms with Crippen molar-refractivity contribution in [3.63, 3.8) is 0 Å². The van der Waals surface area contributed by atoms with Crippen molar-refractivity contribution in [3.05, 3.63) is 87.2 Å². The van der Waals surface area contributed by atoms with Gasteiger partial charge in [-0.15, -0.1) is 37.2 Å². The van der Waals surface area contributed by atoms with Crippen molar-refractivity contribution in [1.82, 2.24) is 9.97 Å². The van der Waals surface area contributed by atoms with Crippen LogP contribution in [0.3, 0.4) is 0 Å². The number of halogens is 2. The van der Waals surface area contributed by atoms with Crippen LogP contribution in [0.15, 0.2) is 54.9 Å². The number of hydrogen-bond acceptors (Lipinski definition) is 1. The Morgan fingerprint density at radius 2 is 1.62 bits per heavy atom. The number of rotatable bonds is 0. The van der Waals surface area contributed by atoms with Gasteiger partial charge in [0, 0.05) is 10.2 Å². The second-order valence-corrected chi connectivity index (χ2v) is 5.24. The van der Waals surface area contributed by atoms with Crippen LogP contribution in [-0.2, 0) is 32.6 Å². The molecule has 2 aromatic carbocycles. The topological polar surface area (TPSA) is 28.7 Å². The van der Waals surface area contributed by atoms with Gasteiger partial charge >= 0.3 is 26.2 Å². The van der Waals surface area contributed by atoms with Gasteiger partial charge in [0.2, 0.25) is 0 Å². The molecule has 24 heavy (non-hydrogen) atoms. The summed E-state index contributed by atoms with van der Waals surface area (Å²) in [4.78, 5) is 6.17. The predicted octanol–water partition coefficient (Wildman–Crippen LogP) is 3.47. The zero-order valence-corrected chi connectivity index (χ0v) is 19.4. The summed E-state index contributed by atoms with van der Waals surface area (Å²) in [5, 5.41) is 1.44. The van der Waals surface area contributed by atoms with Gasteiger partial charge in [-0.2, -0.15) is 0 Å². The third-order valence-corrected chi connectivity index (χ3v) is 3.97. The molecule has 0 unspecified atom stereocenters. The summed E-state index contributed by atoms with van der Waals surface area (Å²) < 4.78 is 0. The molecule has 6 heteroatoms. The van der Waals surface area contributed by atoms with Crippen molar-refractivity contribution >= 4 is 40.2 Å². The van der Waals surface area contributed by atoms with E-state index in [1.54, 1.807) is 12.4 Å². The maximum Gasteiger partial charge on any atom is 3.00 e. The van der Waals surface area contributed by atoms with Gasteiger partial charge in [0.1, 0.15) is 0 Å². The standard InChI is InChI=1S/C13H11Si.C3H3N2.2CH3.2ClH.Zr/c14-13-7-3-6-11-10-5-2-1-4-9(10)8-12(11)13;1-2-5-3-4-1;;;;;/h1-7H,8,14H2;1-2H,(H,4,5);2*1H3;2*1H;/q;3*-1;;;+3.